The van der Waals surface area contributed by atoms with Crippen LogP contribution in [0.25, 0.3) is 0 Å². The Labute approximate surface area is 67.8 Å². The lowest BCUT2D eigenvalue weighted by Gasteiger charge is -2.19. The molecule has 0 aliphatic rings. The minimum absolute atomic E-state index is 0.116. The van der Waals surface area contributed by atoms with Crippen molar-refractivity contribution in [3.63, 3.8) is 0 Å². The van der Waals surface area contributed by atoms with Gasteiger partial charge in [0.2, 0.25) is 0 Å². The van der Waals surface area contributed by atoms with Crippen molar-refractivity contribution in [3.8, 4) is 0 Å². The van der Waals surface area contributed by atoms with Crippen molar-refractivity contribution in [2.24, 2.45) is 0 Å². The van der Waals surface area contributed by atoms with E-state index < -0.39 is 31.4 Å². The maximum absolute atomic E-state index is 12.4. The van der Waals surface area contributed by atoms with E-state index >= 15 is 0 Å². The van der Waals surface area contributed by atoms with Crippen LogP contribution in [0.3, 0.4) is 0 Å². The monoisotopic (exact) mass is 190 g/mol. The molecule has 2 atom stereocenters. The molecule has 0 radical (unpaired) electrons. The molecule has 0 rings (SSSR count). The molecule has 0 amide bonds. The third-order valence-corrected chi connectivity index (χ3v) is 1.53. The number of halogens is 5. The Morgan fingerprint density at radius 3 is 2.08 bits per heavy atom. The molecule has 12 heavy (non-hydrogen) atoms. The number of hydrogen-bond donors (Lipinski definition) is 0. The lowest BCUT2D eigenvalue weighted by atomic mass is 10.1. The van der Waals surface area contributed by atoms with Crippen molar-refractivity contribution in [3.05, 3.63) is 0 Å². The lowest BCUT2D eigenvalue weighted by molar-refractivity contribution is -0.0979. The Hall–Kier alpha value is -0.350. The van der Waals surface area contributed by atoms with Crippen molar-refractivity contribution < 1.29 is 22.0 Å². The molecular formula is C7H11F5. The molecule has 0 nitrogen and oxygen atoms in total. The highest BCUT2D eigenvalue weighted by molar-refractivity contribution is 4.79. The van der Waals surface area contributed by atoms with Crippen molar-refractivity contribution >= 4 is 0 Å². The summed E-state index contributed by atoms with van der Waals surface area (Å²) in [6.45, 7) is -0.410. The lowest BCUT2D eigenvalue weighted by Crippen LogP contribution is -2.34. The third kappa shape index (κ3) is 3.36. The van der Waals surface area contributed by atoms with Gasteiger partial charge in [-0.25, -0.2) is 22.0 Å². The molecule has 0 spiro atoms. The van der Waals surface area contributed by atoms with Crippen molar-refractivity contribution in [1.29, 1.82) is 0 Å². The van der Waals surface area contributed by atoms with Gasteiger partial charge in [-0.15, -0.1) is 0 Å². The van der Waals surface area contributed by atoms with Crippen LogP contribution in [0.15, 0.2) is 0 Å². The predicted octanol–water partition coefficient (Wildman–Crippen LogP) is 3.07. The van der Waals surface area contributed by atoms with E-state index in [1.165, 1.54) is 6.92 Å². The van der Waals surface area contributed by atoms with E-state index in [2.05, 4.69) is 0 Å². The summed E-state index contributed by atoms with van der Waals surface area (Å²) in [6.07, 6.45) is -6.02. The second-order valence-electron chi connectivity index (χ2n) is 2.59. The molecule has 0 saturated carbocycles. The van der Waals surface area contributed by atoms with Crippen LogP contribution in [0.1, 0.15) is 19.8 Å². The molecule has 74 valence electrons. The average molecular weight is 190 g/mol. The first-order chi connectivity index (χ1) is 5.44. The van der Waals surface area contributed by atoms with Gasteiger partial charge in [0.05, 0.1) is 0 Å². The highest BCUT2D eigenvalue weighted by Gasteiger charge is 2.41. The summed E-state index contributed by atoms with van der Waals surface area (Å²) >= 11 is 0. The molecule has 0 saturated heterocycles. The maximum Gasteiger partial charge on any atom is 0.284 e. The normalized spacial score (nSPS) is 17.5. The summed E-state index contributed by atoms with van der Waals surface area (Å²) in [5, 5.41) is 0. The Bertz CT molecular complexity index is 125. The zero-order valence-electron chi connectivity index (χ0n) is 6.67. The highest BCUT2D eigenvalue weighted by Crippen LogP contribution is 2.29. The fraction of sp³-hybridized carbons (Fsp3) is 1.00. The number of alkyl halides is 5. The van der Waals surface area contributed by atoms with E-state index in [-0.39, 0.29) is 6.42 Å². The van der Waals surface area contributed by atoms with Gasteiger partial charge in [-0.1, -0.05) is 6.92 Å². The second kappa shape index (κ2) is 4.62. The van der Waals surface area contributed by atoms with E-state index in [0.717, 1.165) is 0 Å². The molecule has 1 unspecified atom stereocenters. The van der Waals surface area contributed by atoms with Gasteiger partial charge < -0.3 is 0 Å². The van der Waals surface area contributed by atoms with Crippen LogP contribution < -0.4 is 0 Å². The molecule has 0 heterocycles. The van der Waals surface area contributed by atoms with E-state index in [1.54, 1.807) is 0 Å². The largest absolute Gasteiger partial charge is 0.284 e. The number of rotatable bonds is 5. The van der Waals surface area contributed by atoms with Crippen molar-refractivity contribution in [2.75, 3.05) is 6.67 Å². The zero-order chi connectivity index (χ0) is 9.78. The minimum atomic E-state index is -3.88. The summed E-state index contributed by atoms with van der Waals surface area (Å²) in [5.74, 6) is -3.88. The van der Waals surface area contributed by atoms with E-state index in [9.17, 15) is 22.0 Å². The minimum Gasteiger partial charge on any atom is -0.248 e. The standard InChI is InChI=1S/C7H11F5/c1-2-5(9)3-7(11,12)6(10)4-8/h5-6H,2-4H2,1H3/t5?,6-/m0/s1. The van der Waals surface area contributed by atoms with Gasteiger partial charge in [0.25, 0.3) is 5.92 Å². The van der Waals surface area contributed by atoms with Crippen LogP contribution in [-0.4, -0.2) is 24.9 Å². The first-order valence-corrected chi connectivity index (χ1v) is 3.66. The molecule has 0 N–H and O–H groups in total. The van der Waals surface area contributed by atoms with Crippen molar-refractivity contribution in [1.82, 2.24) is 0 Å². The molecule has 0 bridgehead atoms. The maximum atomic E-state index is 12.4. The van der Waals surface area contributed by atoms with Gasteiger partial charge >= 0.3 is 0 Å². The fourth-order valence-corrected chi connectivity index (χ4v) is 0.680. The van der Waals surface area contributed by atoms with Gasteiger partial charge in [0.1, 0.15) is 12.8 Å². The molecule has 0 fully saturated rings. The summed E-state index contributed by atoms with van der Waals surface area (Å²) in [6, 6.07) is 0. The van der Waals surface area contributed by atoms with E-state index in [4.69, 9.17) is 0 Å². The van der Waals surface area contributed by atoms with E-state index in [1.807, 2.05) is 0 Å². The van der Waals surface area contributed by atoms with Crippen molar-refractivity contribution in [2.45, 2.75) is 38.0 Å². The van der Waals surface area contributed by atoms with Gasteiger partial charge in [0.15, 0.2) is 6.17 Å². The van der Waals surface area contributed by atoms with Crippen LogP contribution >= 0.6 is 0 Å². The molecule has 0 aromatic heterocycles. The van der Waals surface area contributed by atoms with E-state index in [0.29, 0.717) is 0 Å². The molecule has 0 aromatic carbocycles. The van der Waals surface area contributed by atoms with Gasteiger partial charge in [-0.2, -0.15) is 0 Å². The SMILES string of the molecule is CCC(F)CC(F)(F)[C@@H](F)CF. The first kappa shape index (κ1) is 11.6. The van der Waals surface area contributed by atoms with Crippen LogP contribution in [0.2, 0.25) is 0 Å². The Morgan fingerprint density at radius 2 is 1.75 bits per heavy atom. The molecule has 0 aliphatic heterocycles. The average Bonchev–Trinajstić information content (AvgIpc) is 2.02. The van der Waals surface area contributed by atoms with Gasteiger partial charge in [0, 0.05) is 6.42 Å². The quantitative estimate of drug-likeness (QED) is 0.584. The van der Waals surface area contributed by atoms with Gasteiger partial charge in [-0.05, 0) is 6.42 Å². The van der Waals surface area contributed by atoms with Gasteiger partial charge in [-0.3, -0.25) is 0 Å². The smallest absolute Gasteiger partial charge is 0.248 e. The van der Waals surface area contributed by atoms with Crippen LogP contribution in [-0.2, 0) is 0 Å². The van der Waals surface area contributed by atoms with Crippen LogP contribution in [0.4, 0.5) is 22.0 Å². The Kier molecular flexibility index (Phi) is 4.49. The molecule has 5 heteroatoms. The third-order valence-electron chi connectivity index (χ3n) is 1.53. The first-order valence-electron chi connectivity index (χ1n) is 3.66. The molecular weight excluding hydrogens is 179 g/mol. The molecule has 0 aromatic rings. The predicted molar refractivity (Wildman–Crippen MR) is 35.6 cm³/mol. The van der Waals surface area contributed by atoms with Crippen LogP contribution in [0, 0.1) is 0 Å². The highest BCUT2D eigenvalue weighted by atomic mass is 19.3. The summed E-state index contributed by atoms with van der Waals surface area (Å²) < 4.78 is 60.7. The molecule has 0 aliphatic carbocycles. The second-order valence-corrected chi connectivity index (χ2v) is 2.59. The summed E-state index contributed by atoms with van der Waals surface area (Å²) in [5.41, 5.74) is 0. The fourth-order valence-electron chi connectivity index (χ4n) is 0.680. The zero-order valence-corrected chi connectivity index (χ0v) is 6.67. The topological polar surface area (TPSA) is 0 Å². The number of hydrogen-bond acceptors (Lipinski definition) is 0. The van der Waals surface area contributed by atoms with Crippen LogP contribution in [0.5, 0.6) is 0 Å². The summed E-state index contributed by atoms with van der Waals surface area (Å²) in [4.78, 5) is 0. The Morgan fingerprint density at radius 1 is 1.25 bits per heavy atom. The summed E-state index contributed by atoms with van der Waals surface area (Å²) in [7, 11) is 0. The Balaban J connectivity index is 4.02.